The molecule has 0 aliphatic carbocycles. The van der Waals surface area contributed by atoms with Crippen LogP contribution in [0.5, 0.6) is 0 Å². The first-order valence-corrected chi connectivity index (χ1v) is 6.33. The second kappa shape index (κ2) is 10.5. The van der Waals surface area contributed by atoms with Gasteiger partial charge in [-0.2, -0.15) is 0 Å². The standard InChI is InChI=1S/C10H22BrNO/c1-3-12(8-6-5-7-11)9-10-13-4-2/h3-10H2,1-2H3. The second-order valence-electron chi connectivity index (χ2n) is 3.03. The minimum Gasteiger partial charge on any atom is -0.380 e. The molecule has 0 unspecified atom stereocenters. The molecule has 0 saturated carbocycles. The molecule has 0 heterocycles. The molecule has 0 bridgehead atoms. The van der Waals surface area contributed by atoms with Gasteiger partial charge in [0.1, 0.15) is 0 Å². The number of likely N-dealkylation sites (N-methyl/N-ethyl adjacent to an activating group) is 1. The Morgan fingerprint density at radius 1 is 1.15 bits per heavy atom. The number of halogens is 1. The Kier molecular flexibility index (Phi) is 10.8. The molecular weight excluding hydrogens is 230 g/mol. The van der Waals surface area contributed by atoms with E-state index in [1.54, 1.807) is 0 Å². The SMILES string of the molecule is CCOCCN(CC)CCCCBr. The maximum atomic E-state index is 5.32. The molecule has 0 spiro atoms. The van der Waals surface area contributed by atoms with E-state index in [1.807, 2.05) is 6.92 Å². The Balaban J connectivity index is 3.28. The summed E-state index contributed by atoms with van der Waals surface area (Å²) >= 11 is 3.44. The van der Waals surface area contributed by atoms with E-state index in [1.165, 1.54) is 19.4 Å². The zero-order chi connectivity index (χ0) is 9.94. The Labute approximate surface area is 90.8 Å². The lowest BCUT2D eigenvalue weighted by Crippen LogP contribution is -2.28. The summed E-state index contributed by atoms with van der Waals surface area (Å²) in [5, 5.41) is 1.12. The van der Waals surface area contributed by atoms with Crippen LogP contribution < -0.4 is 0 Å². The molecule has 13 heavy (non-hydrogen) atoms. The summed E-state index contributed by atoms with van der Waals surface area (Å²) in [6.07, 6.45) is 2.55. The fourth-order valence-corrected chi connectivity index (χ4v) is 1.59. The van der Waals surface area contributed by atoms with Crippen molar-refractivity contribution in [1.82, 2.24) is 4.90 Å². The Bertz CT molecular complexity index is 90.9. The highest BCUT2D eigenvalue weighted by Crippen LogP contribution is 1.97. The second-order valence-corrected chi connectivity index (χ2v) is 3.82. The van der Waals surface area contributed by atoms with Crippen molar-refractivity contribution in [1.29, 1.82) is 0 Å². The number of rotatable bonds is 9. The lowest BCUT2D eigenvalue weighted by molar-refractivity contribution is 0.115. The van der Waals surface area contributed by atoms with Gasteiger partial charge in [-0.1, -0.05) is 22.9 Å². The molecule has 3 heteroatoms. The number of alkyl halides is 1. The van der Waals surface area contributed by atoms with Crippen LogP contribution in [0, 0.1) is 0 Å². The van der Waals surface area contributed by atoms with E-state index in [0.29, 0.717) is 0 Å². The minimum atomic E-state index is 0.832. The molecule has 0 aliphatic rings. The lowest BCUT2D eigenvalue weighted by atomic mass is 10.3. The first-order valence-electron chi connectivity index (χ1n) is 5.21. The average molecular weight is 252 g/mol. The zero-order valence-corrected chi connectivity index (χ0v) is 10.5. The van der Waals surface area contributed by atoms with Crippen molar-refractivity contribution in [3.8, 4) is 0 Å². The van der Waals surface area contributed by atoms with E-state index in [9.17, 15) is 0 Å². The number of hydrogen-bond donors (Lipinski definition) is 0. The highest BCUT2D eigenvalue weighted by atomic mass is 79.9. The van der Waals surface area contributed by atoms with Gasteiger partial charge in [-0.3, -0.25) is 0 Å². The molecule has 0 aliphatic heterocycles. The first-order chi connectivity index (χ1) is 6.35. The van der Waals surface area contributed by atoms with E-state index in [0.717, 1.165) is 31.6 Å². The number of ether oxygens (including phenoxy) is 1. The van der Waals surface area contributed by atoms with Crippen molar-refractivity contribution >= 4 is 15.9 Å². The summed E-state index contributed by atoms with van der Waals surface area (Å²) in [5.74, 6) is 0. The molecule has 0 N–H and O–H groups in total. The number of nitrogens with zero attached hydrogens (tertiary/aromatic N) is 1. The highest BCUT2D eigenvalue weighted by molar-refractivity contribution is 9.09. The molecule has 0 aromatic rings. The minimum absolute atomic E-state index is 0.832. The monoisotopic (exact) mass is 251 g/mol. The van der Waals surface area contributed by atoms with E-state index >= 15 is 0 Å². The van der Waals surface area contributed by atoms with E-state index in [2.05, 4.69) is 27.8 Å². The van der Waals surface area contributed by atoms with Crippen molar-refractivity contribution in [2.24, 2.45) is 0 Å². The smallest absolute Gasteiger partial charge is 0.0593 e. The van der Waals surface area contributed by atoms with Crippen molar-refractivity contribution in [3.63, 3.8) is 0 Å². The summed E-state index contributed by atoms with van der Waals surface area (Å²) in [7, 11) is 0. The molecule has 0 aromatic heterocycles. The van der Waals surface area contributed by atoms with Gasteiger partial charge in [0.15, 0.2) is 0 Å². The third kappa shape index (κ3) is 8.72. The van der Waals surface area contributed by atoms with Crippen LogP contribution in [-0.4, -0.2) is 43.1 Å². The largest absolute Gasteiger partial charge is 0.380 e. The first kappa shape index (κ1) is 13.4. The van der Waals surface area contributed by atoms with Gasteiger partial charge in [0.25, 0.3) is 0 Å². The van der Waals surface area contributed by atoms with Gasteiger partial charge in [0.05, 0.1) is 6.61 Å². The molecule has 2 nitrogen and oxygen atoms in total. The van der Waals surface area contributed by atoms with Crippen molar-refractivity contribution in [2.75, 3.05) is 38.2 Å². The lowest BCUT2D eigenvalue weighted by Gasteiger charge is -2.19. The van der Waals surface area contributed by atoms with Crippen LogP contribution in [0.25, 0.3) is 0 Å². The molecule has 0 radical (unpaired) electrons. The van der Waals surface area contributed by atoms with Crippen LogP contribution in [0.1, 0.15) is 26.7 Å². The Morgan fingerprint density at radius 2 is 1.92 bits per heavy atom. The van der Waals surface area contributed by atoms with Gasteiger partial charge >= 0.3 is 0 Å². The van der Waals surface area contributed by atoms with Crippen molar-refractivity contribution in [2.45, 2.75) is 26.7 Å². The zero-order valence-electron chi connectivity index (χ0n) is 8.89. The molecule has 0 fully saturated rings. The topological polar surface area (TPSA) is 12.5 Å². The van der Waals surface area contributed by atoms with Gasteiger partial charge in [-0.05, 0) is 32.9 Å². The predicted molar refractivity (Wildman–Crippen MR) is 61.6 cm³/mol. The molecule has 0 saturated heterocycles. The number of unbranched alkanes of at least 4 members (excludes halogenated alkanes) is 1. The molecule has 80 valence electrons. The molecule has 0 aromatic carbocycles. The Hall–Kier alpha value is 0.400. The van der Waals surface area contributed by atoms with Crippen LogP contribution in [-0.2, 0) is 4.74 Å². The average Bonchev–Trinajstić information content (AvgIpc) is 2.16. The normalized spacial score (nSPS) is 11.1. The molecule has 0 atom stereocenters. The fraction of sp³-hybridized carbons (Fsp3) is 1.00. The summed E-state index contributed by atoms with van der Waals surface area (Å²) in [6, 6.07) is 0. The van der Waals surface area contributed by atoms with Crippen LogP contribution in [0.4, 0.5) is 0 Å². The van der Waals surface area contributed by atoms with Crippen molar-refractivity contribution in [3.05, 3.63) is 0 Å². The maximum Gasteiger partial charge on any atom is 0.0593 e. The maximum absolute atomic E-state index is 5.32. The van der Waals surface area contributed by atoms with Gasteiger partial charge in [0.2, 0.25) is 0 Å². The molecule has 0 rings (SSSR count). The molecule has 0 amide bonds. The van der Waals surface area contributed by atoms with Gasteiger partial charge in [0, 0.05) is 18.5 Å². The van der Waals surface area contributed by atoms with Crippen molar-refractivity contribution < 1.29 is 4.74 Å². The van der Waals surface area contributed by atoms with Gasteiger partial charge < -0.3 is 9.64 Å². The summed E-state index contributed by atoms with van der Waals surface area (Å²) in [5.41, 5.74) is 0. The van der Waals surface area contributed by atoms with Crippen LogP contribution in [0.3, 0.4) is 0 Å². The summed E-state index contributed by atoms with van der Waals surface area (Å²) < 4.78 is 5.32. The number of hydrogen-bond acceptors (Lipinski definition) is 2. The third-order valence-electron chi connectivity index (χ3n) is 2.06. The third-order valence-corrected chi connectivity index (χ3v) is 2.62. The predicted octanol–water partition coefficient (Wildman–Crippen LogP) is 2.52. The highest BCUT2D eigenvalue weighted by Gasteiger charge is 2.00. The van der Waals surface area contributed by atoms with E-state index in [4.69, 9.17) is 4.74 Å². The van der Waals surface area contributed by atoms with E-state index < -0.39 is 0 Å². The van der Waals surface area contributed by atoms with Gasteiger partial charge in [-0.25, -0.2) is 0 Å². The van der Waals surface area contributed by atoms with E-state index in [-0.39, 0.29) is 0 Å². The van der Waals surface area contributed by atoms with Crippen LogP contribution in [0.15, 0.2) is 0 Å². The summed E-state index contributed by atoms with van der Waals surface area (Å²) in [4.78, 5) is 2.44. The van der Waals surface area contributed by atoms with Crippen LogP contribution in [0.2, 0.25) is 0 Å². The quantitative estimate of drug-likeness (QED) is 0.462. The fourth-order valence-electron chi connectivity index (χ4n) is 1.20. The Morgan fingerprint density at radius 3 is 2.46 bits per heavy atom. The van der Waals surface area contributed by atoms with Crippen LogP contribution >= 0.6 is 15.9 Å². The van der Waals surface area contributed by atoms with Gasteiger partial charge in [-0.15, -0.1) is 0 Å². The summed E-state index contributed by atoms with van der Waals surface area (Å²) in [6.45, 7) is 9.37. The molecular formula is C10H22BrNO.